The molecule has 0 aliphatic heterocycles. The highest BCUT2D eigenvalue weighted by Crippen LogP contribution is 2.28. The van der Waals surface area contributed by atoms with Gasteiger partial charge in [-0.2, -0.15) is 0 Å². The Bertz CT molecular complexity index is 1330. The molecule has 0 fully saturated rings. The molecule has 0 bridgehead atoms. The topological polar surface area (TPSA) is 141 Å². The molecule has 0 spiro atoms. The SMILES string of the molecule is C#CCCNc1nonc1-c1nc2ccccc2n1CC(=O)c1ccc(NC(=O)CN)cc1. The number of nitrogens with one attached hydrogen (secondary N) is 2. The maximum Gasteiger partial charge on any atom is 0.238 e. The van der Waals surface area contributed by atoms with E-state index < -0.39 is 0 Å². The van der Waals surface area contributed by atoms with Crippen molar-refractivity contribution in [3.05, 3.63) is 54.1 Å². The normalized spacial score (nSPS) is 10.7. The zero-order valence-electron chi connectivity index (χ0n) is 17.6. The van der Waals surface area contributed by atoms with Crippen molar-refractivity contribution < 1.29 is 14.2 Å². The first kappa shape index (κ1) is 21.7. The van der Waals surface area contributed by atoms with Crippen LogP contribution in [-0.4, -0.2) is 44.6 Å². The Balaban J connectivity index is 1.64. The maximum atomic E-state index is 13.1. The van der Waals surface area contributed by atoms with Crippen LogP contribution in [0.1, 0.15) is 16.8 Å². The van der Waals surface area contributed by atoms with Gasteiger partial charge in [-0.05, 0) is 46.7 Å². The predicted molar refractivity (Wildman–Crippen MR) is 123 cm³/mol. The second-order valence-electron chi connectivity index (χ2n) is 7.11. The second kappa shape index (κ2) is 9.76. The number of aromatic nitrogens is 4. The summed E-state index contributed by atoms with van der Waals surface area (Å²) in [6.07, 6.45) is 5.82. The van der Waals surface area contributed by atoms with Crippen molar-refractivity contribution in [1.82, 2.24) is 19.9 Å². The quantitative estimate of drug-likeness (QED) is 0.203. The maximum absolute atomic E-state index is 13.1. The molecular formula is C23H21N7O3. The van der Waals surface area contributed by atoms with E-state index in [-0.39, 0.29) is 24.8 Å². The van der Waals surface area contributed by atoms with Crippen molar-refractivity contribution in [2.45, 2.75) is 13.0 Å². The van der Waals surface area contributed by atoms with Gasteiger partial charge >= 0.3 is 0 Å². The molecule has 0 unspecified atom stereocenters. The molecule has 1 amide bonds. The minimum atomic E-state index is -0.309. The average Bonchev–Trinajstić information content (AvgIpc) is 3.44. The van der Waals surface area contributed by atoms with E-state index in [1.807, 2.05) is 24.3 Å². The fourth-order valence-corrected chi connectivity index (χ4v) is 3.31. The van der Waals surface area contributed by atoms with Gasteiger partial charge in [0.1, 0.15) is 0 Å². The lowest BCUT2D eigenvalue weighted by atomic mass is 10.1. The number of anilines is 2. The number of nitrogens with two attached hydrogens (primary N) is 1. The number of para-hydroxylation sites is 2. The summed E-state index contributed by atoms with van der Waals surface area (Å²) < 4.78 is 6.70. The molecule has 0 radical (unpaired) electrons. The zero-order chi connectivity index (χ0) is 23.2. The van der Waals surface area contributed by atoms with Gasteiger partial charge < -0.3 is 20.9 Å². The van der Waals surface area contributed by atoms with E-state index in [4.69, 9.17) is 16.8 Å². The monoisotopic (exact) mass is 443 g/mol. The number of Topliss-reactive ketones (excluding diaryl/α,β-unsaturated/α-hetero) is 1. The average molecular weight is 443 g/mol. The van der Waals surface area contributed by atoms with Crippen LogP contribution in [0.5, 0.6) is 0 Å². The fraction of sp³-hybridized carbons (Fsp3) is 0.174. The van der Waals surface area contributed by atoms with Crippen molar-refractivity contribution >= 4 is 34.2 Å². The molecule has 33 heavy (non-hydrogen) atoms. The number of carbonyl (C=O) groups excluding carboxylic acids is 2. The number of carbonyl (C=O) groups is 2. The molecule has 2 aromatic carbocycles. The van der Waals surface area contributed by atoms with Crippen molar-refractivity contribution in [3.63, 3.8) is 0 Å². The van der Waals surface area contributed by atoms with Gasteiger partial charge in [-0.1, -0.05) is 12.1 Å². The summed E-state index contributed by atoms with van der Waals surface area (Å²) in [5.41, 5.74) is 8.22. The van der Waals surface area contributed by atoms with Crippen LogP contribution >= 0.6 is 0 Å². The zero-order valence-corrected chi connectivity index (χ0v) is 17.6. The highest BCUT2D eigenvalue weighted by Gasteiger charge is 2.22. The highest BCUT2D eigenvalue weighted by atomic mass is 16.6. The van der Waals surface area contributed by atoms with Gasteiger partial charge in [-0.15, -0.1) is 12.3 Å². The number of ketones is 1. The first-order valence-corrected chi connectivity index (χ1v) is 10.2. The van der Waals surface area contributed by atoms with Crippen LogP contribution in [0.4, 0.5) is 11.5 Å². The van der Waals surface area contributed by atoms with Crippen LogP contribution < -0.4 is 16.4 Å². The highest BCUT2D eigenvalue weighted by molar-refractivity contribution is 5.98. The minimum Gasteiger partial charge on any atom is -0.364 e. The first-order valence-electron chi connectivity index (χ1n) is 10.2. The summed E-state index contributed by atoms with van der Waals surface area (Å²) in [6.45, 7) is 0.387. The van der Waals surface area contributed by atoms with Gasteiger partial charge in [0.15, 0.2) is 17.3 Å². The summed E-state index contributed by atoms with van der Waals surface area (Å²) in [6, 6.07) is 14.1. The standard InChI is InChI=1S/C23H21N7O3/c1-2-3-12-25-22-21(28-33-29-22)23-27-17-6-4-5-7-18(17)30(23)14-19(31)15-8-10-16(11-9-15)26-20(32)13-24/h1,4-11H,3,12-14,24H2,(H,25,29)(H,26,32). The Morgan fingerprint density at radius 2 is 1.91 bits per heavy atom. The van der Waals surface area contributed by atoms with Gasteiger partial charge in [-0.3, -0.25) is 9.59 Å². The largest absolute Gasteiger partial charge is 0.364 e. The van der Waals surface area contributed by atoms with Crippen LogP contribution in [0.3, 0.4) is 0 Å². The van der Waals surface area contributed by atoms with Crippen LogP contribution in [-0.2, 0) is 11.3 Å². The molecule has 2 heterocycles. The third kappa shape index (κ3) is 4.73. The summed E-state index contributed by atoms with van der Waals surface area (Å²) in [4.78, 5) is 29.2. The third-order valence-electron chi connectivity index (χ3n) is 4.89. The lowest BCUT2D eigenvalue weighted by Gasteiger charge is -2.09. The van der Waals surface area contributed by atoms with Crippen LogP contribution in [0, 0.1) is 12.3 Å². The van der Waals surface area contributed by atoms with Crippen LogP contribution in [0.2, 0.25) is 0 Å². The minimum absolute atomic E-state index is 0.0149. The Labute approximate surface area is 189 Å². The van der Waals surface area contributed by atoms with E-state index in [1.165, 1.54) is 0 Å². The van der Waals surface area contributed by atoms with Crippen molar-refractivity contribution in [1.29, 1.82) is 0 Å². The lowest BCUT2D eigenvalue weighted by Crippen LogP contribution is -2.21. The van der Waals surface area contributed by atoms with E-state index in [2.05, 4.69) is 31.9 Å². The number of fused-ring (bicyclic) bond motifs is 1. The van der Waals surface area contributed by atoms with Crippen molar-refractivity contribution in [2.24, 2.45) is 5.73 Å². The molecule has 0 atom stereocenters. The van der Waals surface area contributed by atoms with Gasteiger partial charge in [0, 0.05) is 24.2 Å². The molecule has 4 N–H and O–H groups in total. The van der Waals surface area contributed by atoms with Gasteiger partial charge in [0.2, 0.25) is 11.7 Å². The summed E-state index contributed by atoms with van der Waals surface area (Å²) in [7, 11) is 0. The summed E-state index contributed by atoms with van der Waals surface area (Å²) >= 11 is 0. The van der Waals surface area contributed by atoms with E-state index in [0.717, 1.165) is 5.52 Å². The van der Waals surface area contributed by atoms with Crippen molar-refractivity contribution in [2.75, 3.05) is 23.7 Å². The van der Waals surface area contributed by atoms with Crippen LogP contribution in [0.25, 0.3) is 22.6 Å². The number of hydrogen-bond donors (Lipinski definition) is 3. The smallest absolute Gasteiger partial charge is 0.238 e. The van der Waals surface area contributed by atoms with Gasteiger partial charge in [0.05, 0.1) is 24.1 Å². The number of amides is 1. The number of benzene rings is 2. The molecule has 0 aliphatic rings. The number of terminal acetylenes is 1. The van der Waals surface area contributed by atoms with Crippen molar-refractivity contribution in [3.8, 4) is 23.9 Å². The number of hydrogen-bond acceptors (Lipinski definition) is 8. The second-order valence-corrected chi connectivity index (χ2v) is 7.11. The Morgan fingerprint density at radius 1 is 1.12 bits per heavy atom. The number of rotatable bonds is 9. The third-order valence-corrected chi connectivity index (χ3v) is 4.89. The van der Waals surface area contributed by atoms with Gasteiger partial charge in [-0.25, -0.2) is 9.61 Å². The van der Waals surface area contributed by atoms with E-state index in [9.17, 15) is 9.59 Å². The Hall–Kier alpha value is -4.49. The molecule has 10 heteroatoms. The molecule has 4 aromatic rings. The lowest BCUT2D eigenvalue weighted by molar-refractivity contribution is -0.114. The van der Waals surface area contributed by atoms with E-state index in [1.54, 1.807) is 28.8 Å². The molecule has 166 valence electrons. The van der Waals surface area contributed by atoms with E-state index >= 15 is 0 Å². The molecule has 0 saturated heterocycles. The summed E-state index contributed by atoms with van der Waals surface area (Å²) in [5, 5.41) is 13.6. The Morgan fingerprint density at radius 3 is 2.67 bits per heavy atom. The Kier molecular flexibility index (Phi) is 6.43. The fourth-order valence-electron chi connectivity index (χ4n) is 3.31. The first-order chi connectivity index (χ1) is 16.1. The number of nitrogens with zero attached hydrogens (tertiary/aromatic N) is 4. The predicted octanol–water partition coefficient (Wildman–Crippen LogP) is 2.30. The molecule has 0 aliphatic carbocycles. The van der Waals surface area contributed by atoms with E-state index in [0.29, 0.717) is 47.1 Å². The molecule has 4 rings (SSSR count). The molecule has 0 saturated carbocycles. The summed E-state index contributed by atoms with van der Waals surface area (Å²) in [5.74, 6) is 2.94. The molecular weight excluding hydrogens is 422 g/mol. The van der Waals surface area contributed by atoms with Crippen LogP contribution in [0.15, 0.2) is 53.2 Å². The molecule has 10 nitrogen and oxygen atoms in total. The van der Waals surface area contributed by atoms with Gasteiger partial charge in [0.25, 0.3) is 0 Å². The number of imidazole rings is 1. The molecule has 2 aromatic heterocycles.